The van der Waals surface area contributed by atoms with Crippen LogP contribution in [-0.4, -0.2) is 42.2 Å². The summed E-state index contributed by atoms with van der Waals surface area (Å²) in [5.74, 6) is 3.00. The quantitative estimate of drug-likeness (QED) is 0.805. The van der Waals surface area contributed by atoms with Crippen LogP contribution < -0.4 is 5.32 Å². The maximum Gasteiger partial charge on any atom is 0.250 e. The van der Waals surface area contributed by atoms with E-state index >= 15 is 0 Å². The number of carbonyl (C=O) groups excluding carboxylic acids is 1. The van der Waals surface area contributed by atoms with E-state index in [1.807, 2.05) is 18.7 Å². The number of piperidine rings is 1. The molecule has 2 saturated heterocycles. The molecule has 3 atom stereocenters. The average molecular weight is 323 g/mol. The van der Waals surface area contributed by atoms with Crippen LogP contribution >= 0.6 is 11.8 Å². The molecule has 3 nitrogen and oxygen atoms in total. The Balaban J connectivity index is 1.54. The van der Waals surface area contributed by atoms with E-state index in [1.165, 1.54) is 44.9 Å². The Labute approximate surface area is 139 Å². The van der Waals surface area contributed by atoms with Crippen LogP contribution in [0.3, 0.4) is 0 Å². The second-order valence-electron chi connectivity index (χ2n) is 7.25. The van der Waals surface area contributed by atoms with Crippen molar-refractivity contribution >= 4 is 17.7 Å². The van der Waals surface area contributed by atoms with Crippen LogP contribution in [0.15, 0.2) is 11.0 Å². The van der Waals surface area contributed by atoms with E-state index in [0.29, 0.717) is 11.9 Å². The summed E-state index contributed by atoms with van der Waals surface area (Å²) in [6, 6.07) is 0.530. The number of rotatable bonds is 4. The predicted molar refractivity (Wildman–Crippen MR) is 93.9 cm³/mol. The molecule has 1 aliphatic carbocycles. The first kappa shape index (κ1) is 16.4. The molecule has 3 fully saturated rings. The van der Waals surface area contributed by atoms with Gasteiger partial charge in [0.1, 0.15) is 0 Å². The lowest BCUT2D eigenvalue weighted by Crippen LogP contribution is -2.49. The van der Waals surface area contributed by atoms with Gasteiger partial charge in [-0.2, -0.15) is 0 Å². The van der Waals surface area contributed by atoms with E-state index < -0.39 is 0 Å². The maximum atomic E-state index is 12.8. The molecule has 0 aromatic rings. The first-order valence-corrected chi connectivity index (χ1v) is 10.1. The van der Waals surface area contributed by atoms with Crippen LogP contribution in [0.5, 0.6) is 0 Å². The van der Waals surface area contributed by atoms with Crippen molar-refractivity contribution < 1.29 is 4.79 Å². The van der Waals surface area contributed by atoms with Crippen molar-refractivity contribution in [3.63, 3.8) is 0 Å². The Hall–Kier alpha value is -0.480. The Morgan fingerprint density at radius 2 is 2.05 bits per heavy atom. The van der Waals surface area contributed by atoms with Gasteiger partial charge in [-0.25, -0.2) is 0 Å². The van der Waals surface area contributed by atoms with Gasteiger partial charge in [-0.3, -0.25) is 4.79 Å². The van der Waals surface area contributed by atoms with Gasteiger partial charge < -0.3 is 10.2 Å². The summed E-state index contributed by atoms with van der Waals surface area (Å²) in [7, 11) is 0. The van der Waals surface area contributed by atoms with Gasteiger partial charge in [-0.1, -0.05) is 12.8 Å². The molecule has 3 aliphatic rings. The van der Waals surface area contributed by atoms with Crippen molar-refractivity contribution in [2.45, 2.75) is 57.9 Å². The lowest BCUT2D eigenvalue weighted by atomic mass is 9.78. The third kappa shape index (κ3) is 3.88. The van der Waals surface area contributed by atoms with Gasteiger partial charge in [0.25, 0.3) is 0 Å². The van der Waals surface area contributed by atoms with E-state index in [1.54, 1.807) is 0 Å². The van der Waals surface area contributed by atoms with Crippen LogP contribution in [-0.2, 0) is 4.79 Å². The van der Waals surface area contributed by atoms with Crippen LogP contribution in [0.2, 0.25) is 0 Å². The molecule has 0 spiro atoms. The zero-order chi connectivity index (χ0) is 15.4. The van der Waals surface area contributed by atoms with Crippen molar-refractivity contribution in [3.8, 4) is 0 Å². The van der Waals surface area contributed by atoms with E-state index in [9.17, 15) is 4.79 Å². The molecule has 22 heavy (non-hydrogen) atoms. The lowest BCUT2D eigenvalue weighted by Gasteiger charge is -2.44. The Morgan fingerprint density at radius 1 is 1.23 bits per heavy atom. The molecule has 0 aromatic carbocycles. The highest BCUT2D eigenvalue weighted by Gasteiger charge is 2.35. The number of carbonyl (C=O) groups is 1. The summed E-state index contributed by atoms with van der Waals surface area (Å²) in [6.07, 6.45) is 9.04. The van der Waals surface area contributed by atoms with Gasteiger partial charge >= 0.3 is 0 Å². The predicted octanol–water partition coefficient (Wildman–Crippen LogP) is 3.41. The zero-order valence-corrected chi connectivity index (χ0v) is 14.7. The number of nitrogens with one attached hydrogen (secondary N) is 1. The molecule has 124 valence electrons. The minimum absolute atomic E-state index is 0.300. The number of thioether (sulfide) groups is 1. The minimum atomic E-state index is 0.300. The second kappa shape index (κ2) is 7.87. The van der Waals surface area contributed by atoms with Gasteiger partial charge in [0.05, 0.1) is 0 Å². The molecule has 1 amide bonds. The number of hydrogen-bond acceptors (Lipinski definition) is 3. The number of hydrogen-bond donors (Lipinski definition) is 1. The zero-order valence-electron chi connectivity index (χ0n) is 13.9. The van der Waals surface area contributed by atoms with Gasteiger partial charge in [-0.15, -0.1) is 11.8 Å². The molecular formula is C18H30N2OS. The van der Waals surface area contributed by atoms with Gasteiger partial charge in [0.15, 0.2) is 0 Å². The molecule has 3 unspecified atom stereocenters. The third-order valence-corrected chi connectivity index (χ3v) is 6.78. The maximum absolute atomic E-state index is 12.8. The summed E-state index contributed by atoms with van der Waals surface area (Å²) in [5, 5.41) is 5.52. The summed E-state index contributed by atoms with van der Waals surface area (Å²) in [6.45, 7) is 5.28. The molecule has 2 aliphatic heterocycles. The van der Waals surface area contributed by atoms with Gasteiger partial charge in [0, 0.05) is 23.9 Å². The van der Waals surface area contributed by atoms with Crippen molar-refractivity contribution in [3.05, 3.63) is 11.0 Å². The minimum Gasteiger partial charge on any atom is -0.336 e. The standard InChI is InChI=1S/C18H30N2OS/c1-14(12-22-13-15-8-9-19-11-15)18(21)20-10-4-6-16-5-2-3-7-17(16)20/h12,15-17,19H,2-11,13H2,1H3/b14-12+. The molecule has 0 bridgehead atoms. The molecule has 2 heterocycles. The van der Waals surface area contributed by atoms with Crippen molar-refractivity contribution in [2.24, 2.45) is 11.8 Å². The molecule has 0 aromatic heterocycles. The van der Waals surface area contributed by atoms with E-state index in [4.69, 9.17) is 0 Å². The van der Waals surface area contributed by atoms with Crippen LogP contribution in [0.1, 0.15) is 51.9 Å². The first-order chi connectivity index (χ1) is 10.8. The fourth-order valence-electron chi connectivity index (χ4n) is 4.32. The smallest absolute Gasteiger partial charge is 0.250 e. The third-order valence-electron chi connectivity index (χ3n) is 5.60. The highest BCUT2D eigenvalue weighted by molar-refractivity contribution is 8.02. The number of likely N-dealkylation sites (tertiary alicyclic amines) is 1. The number of amides is 1. The van der Waals surface area contributed by atoms with Crippen molar-refractivity contribution in [2.75, 3.05) is 25.4 Å². The van der Waals surface area contributed by atoms with E-state index in [0.717, 1.165) is 42.8 Å². The monoisotopic (exact) mass is 322 g/mol. The van der Waals surface area contributed by atoms with E-state index in [2.05, 4.69) is 15.6 Å². The molecular weight excluding hydrogens is 292 g/mol. The molecule has 4 heteroatoms. The van der Waals surface area contributed by atoms with Crippen molar-refractivity contribution in [1.82, 2.24) is 10.2 Å². The largest absolute Gasteiger partial charge is 0.336 e. The highest BCUT2D eigenvalue weighted by Crippen LogP contribution is 2.36. The normalized spacial score (nSPS) is 32.9. The van der Waals surface area contributed by atoms with Crippen molar-refractivity contribution in [1.29, 1.82) is 0 Å². The lowest BCUT2D eigenvalue weighted by molar-refractivity contribution is -0.133. The number of nitrogens with zero attached hydrogens (tertiary/aromatic N) is 1. The van der Waals surface area contributed by atoms with Crippen LogP contribution in [0, 0.1) is 11.8 Å². The Morgan fingerprint density at radius 3 is 2.86 bits per heavy atom. The first-order valence-electron chi connectivity index (χ1n) is 9.06. The van der Waals surface area contributed by atoms with Gasteiger partial charge in [-0.05, 0) is 69.4 Å². The fourth-order valence-corrected chi connectivity index (χ4v) is 5.32. The Kier molecular flexibility index (Phi) is 5.86. The topological polar surface area (TPSA) is 32.3 Å². The SMILES string of the molecule is C/C(=C\SCC1CCNC1)C(=O)N1CCCC2CCCCC21. The molecule has 3 rings (SSSR count). The molecule has 1 N–H and O–H groups in total. The second-order valence-corrected chi connectivity index (χ2v) is 8.15. The summed E-state index contributed by atoms with van der Waals surface area (Å²) in [5.41, 5.74) is 0.946. The average Bonchev–Trinajstić information content (AvgIpc) is 3.07. The van der Waals surface area contributed by atoms with Crippen LogP contribution in [0.4, 0.5) is 0 Å². The molecule has 0 radical (unpaired) electrons. The Bertz CT molecular complexity index is 415. The fraction of sp³-hybridized carbons (Fsp3) is 0.833. The van der Waals surface area contributed by atoms with E-state index in [-0.39, 0.29) is 0 Å². The summed E-state index contributed by atoms with van der Waals surface area (Å²) in [4.78, 5) is 15.0. The highest BCUT2D eigenvalue weighted by atomic mass is 32.2. The molecule has 1 saturated carbocycles. The number of fused-ring (bicyclic) bond motifs is 1. The summed E-state index contributed by atoms with van der Waals surface area (Å²) < 4.78 is 0. The summed E-state index contributed by atoms with van der Waals surface area (Å²) >= 11 is 1.83. The van der Waals surface area contributed by atoms with Gasteiger partial charge in [0.2, 0.25) is 5.91 Å². The van der Waals surface area contributed by atoms with Crippen LogP contribution in [0.25, 0.3) is 0 Å².